The summed E-state index contributed by atoms with van der Waals surface area (Å²) in [6, 6.07) is 10.5. The first-order chi connectivity index (χ1) is 12.5. The lowest BCUT2D eigenvalue weighted by molar-refractivity contribution is -0.138. The Morgan fingerprint density at radius 2 is 1.81 bits per heavy atom. The molecular weight excluding hydrogens is 342 g/mol. The molecule has 0 bridgehead atoms. The summed E-state index contributed by atoms with van der Waals surface area (Å²) in [5, 5.41) is 4.21. The fourth-order valence-corrected chi connectivity index (χ4v) is 4.29. The molecule has 1 aromatic rings. The van der Waals surface area contributed by atoms with Gasteiger partial charge in [-0.15, -0.1) is 0 Å². The Morgan fingerprint density at radius 3 is 2.50 bits per heavy atom. The average molecular weight is 374 g/mol. The average Bonchev–Trinajstić information content (AvgIpc) is 2.68. The number of benzene rings is 1. The van der Waals surface area contributed by atoms with Gasteiger partial charge < -0.3 is 15.1 Å². The molecule has 142 valence electrons. The SMILES string of the molecule is CC1CCN(C(=O)C2CCCN(C(=S)NC(C)c3ccccc3)C2)CC1. The number of hydrogen-bond acceptors (Lipinski definition) is 2. The number of nitrogens with zero attached hydrogens (tertiary/aromatic N) is 2. The number of piperidine rings is 2. The van der Waals surface area contributed by atoms with Gasteiger partial charge in [-0.2, -0.15) is 0 Å². The van der Waals surface area contributed by atoms with Crippen LogP contribution in [0, 0.1) is 11.8 Å². The largest absolute Gasteiger partial charge is 0.356 e. The lowest BCUT2D eigenvalue weighted by Crippen LogP contribution is -2.50. The third kappa shape index (κ3) is 4.76. The second-order valence-corrected chi connectivity index (χ2v) is 8.26. The van der Waals surface area contributed by atoms with Crippen LogP contribution >= 0.6 is 12.2 Å². The Balaban J connectivity index is 1.54. The minimum absolute atomic E-state index is 0.0870. The van der Waals surface area contributed by atoms with Crippen molar-refractivity contribution in [3.63, 3.8) is 0 Å². The zero-order valence-corrected chi connectivity index (χ0v) is 16.8. The standard InChI is InChI=1S/C21H31N3OS/c1-16-10-13-23(14-11-16)20(25)19-9-6-12-24(15-19)21(26)22-17(2)18-7-4-3-5-8-18/h3-5,7-8,16-17,19H,6,9-15H2,1-2H3,(H,22,26). The highest BCUT2D eigenvalue weighted by Gasteiger charge is 2.31. The summed E-state index contributed by atoms with van der Waals surface area (Å²) in [5.41, 5.74) is 1.22. The number of rotatable bonds is 3. The summed E-state index contributed by atoms with van der Waals surface area (Å²) in [7, 11) is 0. The third-order valence-corrected chi connectivity index (χ3v) is 6.17. The summed E-state index contributed by atoms with van der Waals surface area (Å²) in [4.78, 5) is 17.2. The second-order valence-electron chi connectivity index (χ2n) is 7.87. The molecule has 2 atom stereocenters. The third-order valence-electron chi connectivity index (χ3n) is 5.79. The topological polar surface area (TPSA) is 35.6 Å². The smallest absolute Gasteiger partial charge is 0.227 e. The van der Waals surface area contributed by atoms with Gasteiger partial charge in [0.25, 0.3) is 0 Å². The Morgan fingerprint density at radius 1 is 1.12 bits per heavy atom. The van der Waals surface area contributed by atoms with Crippen LogP contribution in [0.1, 0.15) is 51.1 Å². The van der Waals surface area contributed by atoms with Gasteiger partial charge in [0, 0.05) is 26.2 Å². The van der Waals surface area contributed by atoms with Crippen molar-refractivity contribution in [3.8, 4) is 0 Å². The van der Waals surface area contributed by atoms with Crippen LogP contribution in [0.4, 0.5) is 0 Å². The van der Waals surface area contributed by atoms with Crippen LogP contribution in [0.25, 0.3) is 0 Å². The molecule has 0 spiro atoms. The van der Waals surface area contributed by atoms with Gasteiger partial charge in [0.1, 0.15) is 0 Å². The molecule has 4 nitrogen and oxygen atoms in total. The molecule has 2 aliphatic rings. The number of carbonyl (C=O) groups excluding carboxylic acids is 1. The normalized spacial score (nSPS) is 22.8. The maximum Gasteiger partial charge on any atom is 0.227 e. The zero-order valence-electron chi connectivity index (χ0n) is 16.0. The maximum absolute atomic E-state index is 12.9. The van der Waals surface area contributed by atoms with E-state index < -0.39 is 0 Å². The van der Waals surface area contributed by atoms with E-state index >= 15 is 0 Å². The molecule has 2 aliphatic heterocycles. The highest BCUT2D eigenvalue weighted by atomic mass is 32.1. The predicted molar refractivity (Wildman–Crippen MR) is 110 cm³/mol. The Kier molecular flexibility index (Phi) is 6.52. The molecule has 5 heteroatoms. The van der Waals surface area contributed by atoms with Gasteiger partial charge in [-0.1, -0.05) is 37.3 Å². The molecule has 2 saturated heterocycles. The van der Waals surface area contributed by atoms with Gasteiger partial charge in [0.05, 0.1) is 12.0 Å². The van der Waals surface area contributed by atoms with Gasteiger partial charge in [0.2, 0.25) is 5.91 Å². The molecule has 0 radical (unpaired) electrons. The molecule has 0 saturated carbocycles. The number of hydrogen-bond donors (Lipinski definition) is 1. The van der Waals surface area contributed by atoms with Crippen LogP contribution in [0.15, 0.2) is 30.3 Å². The molecule has 0 aromatic heterocycles. The minimum atomic E-state index is 0.0870. The van der Waals surface area contributed by atoms with Crippen molar-refractivity contribution in [1.82, 2.24) is 15.1 Å². The van der Waals surface area contributed by atoms with E-state index in [4.69, 9.17) is 12.2 Å². The van der Waals surface area contributed by atoms with Crippen molar-refractivity contribution in [2.24, 2.45) is 11.8 Å². The second kappa shape index (κ2) is 8.85. The van der Waals surface area contributed by atoms with Crippen LogP contribution in [0.5, 0.6) is 0 Å². The van der Waals surface area contributed by atoms with Crippen LogP contribution in [0.2, 0.25) is 0 Å². The lowest BCUT2D eigenvalue weighted by atomic mass is 9.93. The Labute approximate surface area is 162 Å². The van der Waals surface area contributed by atoms with E-state index in [0.29, 0.717) is 5.91 Å². The summed E-state index contributed by atoms with van der Waals surface area (Å²) in [5.74, 6) is 1.17. The van der Waals surface area contributed by atoms with Crippen molar-refractivity contribution in [1.29, 1.82) is 0 Å². The van der Waals surface area contributed by atoms with Crippen molar-refractivity contribution in [2.75, 3.05) is 26.2 Å². The van der Waals surface area contributed by atoms with E-state index in [0.717, 1.165) is 62.9 Å². The number of amides is 1. The summed E-state index contributed by atoms with van der Waals surface area (Å²) in [6.45, 7) is 7.94. The quantitative estimate of drug-likeness (QED) is 0.822. The first-order valence-electron chi connectivity index (χ1n) is 9.93. The van der Waals surface area contributed by atoms with Crippen molar-refractivity contribution in [2.45, 2.75) is 45.6 Å². The van der Waals surface area contributed by atoms with Crippen molar-refractivity contribution >= 4 is 23.2 Å². The van der Waals surface area contributed by atoms with E-state index in [1.54, 1.807) is 0 Å². The van der Waals surface area contributed by atoms with Crippen molar-refractivity contribution in [3.05, 3.63) is 35.9 Å². The van der Waals surface area contributed by atoms with Crippen LogP contribution in [0.3, 0.4) is 0 Å². The van der Waals surface area contributed by atoms with Gasteiger partial charge >= 0.3 is 0 Å². The molecule has 1 amide bonds. The maximum atomic E-state index is 12.9. The Bertz CT molecular complexity index is 613. The zero-order chi connectivity index (χ0) is 18.5. The molecular formula is C21H31N3OS. The van der Waals surface area contributed by atoms with Crippen molar-refractivity contribution < 1.29 is 4.79 Å². The van der Waals surface area contributed by atoms with Gasteiger partial charge in [-0.3, -0.25) is 4.79 Å². The summed E-state index contributed by atoms with van der Waals surface area (Å²) < 4.78 is 0. The van der Waals surface area contributed by atoms with Crippen LogP contribution in [-0.4, -0.2) is 47.0 Å². The predicted octanol–water partition coefficient (Wildman–Crippen LogP) is 3.59. The number of nitrogens with one attached hydrogen (secondary N) is 1. The van der Waals surface area contributed by atoms with Gasteiger partial charge in [0.15, 0.2) is 5.11 Å². The van der Waals surface area contributed by atoms with E-state index in [2.05, 4.69) is 41.1 Å². The van der Waals surface area contributed by atoms with E-state index in [9.17, 15) is 4.79 Å². The number of likely N-dealkylation sites (tertiary alicyclic amines) is 2. The minimum Gasteiger partial charge on any atom is -0.356 e. The first-order valence-corrected chi connectivity index (χ1v) is 10.3. The number of carbonyl (C=O) groups is 1. The molecule has 1 aromatic carbocycles. The molecule has 1 N–H and O–H groups in total. The molecule has 2 heterocycles. The van der Waals surface area contributed by atoms with Gasteiger partial charge in [-0.25, -0.2) is 0 Å². The van der Waals surface area contributed by atoms with Crippen LogP contribution in [-0.2, 0) is 4.79 Å². The molecule has 2 fully saturated rings. The fourth-order valence-electron chi connectivity index (χ4n) is 3.95. The Hall–Kier alpha value is -1.62. The summed E-state index contributed by atoms with van der Waals surface area (Å²) in [6.07, 6.45) is 4.29. The molecule has 3 rings (SSSR count). The molecule has 0 aliphatic carbocycles. The van der Waals surface area contributed by atoms with E-state index in [1.807, 2.05) is 18.2 Å². The fraction of sp³-hybridized carbons (Fsp3) is 0.619. The monoisotopic (exact) mass is 373 g/mol. The highest BCUT2D eigenvalue weighted by Crippen LogP contribution is 2.23. The van der Waals surface area contributed by atoms with Crippen LogP contribution < -0.4 is 5.32 Å². The highest BCUT2D eigenvalue weighted by molar-refractivity contribution is 7.80. The molecule has 2 unspecified atom stereocenters. The summed E-state index contributed by atoms with van der Waals surface area (Å²) >= 11 is 5.65. The van der Waals surface area contributed by atoms with Gasteiger partial charge in [-0.05, 0) is 56.3 Å². The molecule has 26 heavy (non-hydrogen) atoms. The number of thiocarbonyl (C=S) groups is 1. The van der Waals surface area contributed by atoms with E-state index in [-0.39, 0.29) is 12.0 Å². The lowest BCUT2D eigenvalue weighted by Gasteiger charge is -2.38. The first kappa shape index (κ1) is 19.2. The van der Waals surface area contributed by atoms with E-state index in [1.165, 1.54) is 5.56 Å².